The minimum atomic E-state index is -0.144. The van der Waals surface area contributed by atoms with Crippen molar-refractivity contribution in [3.05, 3.63) is 57.7 Å². The van der Waals surface area contributed by atoms with Gasteiger partial charge < -0.3 is 5.32 Å². The molecule has 0 saturated heterocycles. The Morgan fingerprint density at radius 3 is 2.88 bits per heavy atom. The Kier molecular flexibility index (Phi) is 7.20. The Morgan fingerprint density at radius 2 is 2.15 bits per heavy atom. The molecule has 0 unspecified atom stereocenters. The Balaban J connectivity index is 1.36. The summed E-state index contributed by atoms with van der Waals surface area (Å²) >= 11 is 2.86. The van der Waals surface area contributed by atoms with Crippen molar-refractivity contribution < 1.29 is 4.79 Å². The van der Waals surface area contributed by atoms with Crippen LogP contribution in [0.15, 0.2) is 35.5 Å². The number of benzene rings is 1. The number of fused-ring (bicyclic) bond motifs is 1. The summed E-state index contributed by atoms with van der Waals surface area (Å²) in [6.07, 6.45) is 4.80. The standard InChI is InChI=1S/C25H29N5OS2/c1-4-25(2,3)17-10-11-18-19(14-26)23(33-20(18)13-17)28-22(31)15-32-24-27-21(29-30-24)12-16-8-6-5-7-9-16/h5-9,17H,4,10-13,15H2,1-3H3,(H,28,31)(H,27,29,30)/t17-/m1/s1. The van der Waals surface area contributed by atoms with Gasteiger partial charge in [0, 0.05) is 11.3 Å². The predicted molar refractivity (Wildman–Crippen MR) is 134 cm³/mol. The Bertz CT molecular complexity index is 1160. The predicted octanol–water partition coefficient (Wildman–Crippen LogP) is 5.60. The molecular weight excluding hydrogens is 450 g/mol. The van der Waals surface area contributed by atoms with E-state index in [0.29, 0.717) is 28.1 Å². The number of nitriles is 1. The summed E-state index contributed by atoms with van der Waals surface area (Å²) < 4.78 is 0. The molecule has 3 aromatic rings. The van der Waals surface area contributed by atoms with Gasteiger partial charge in [-0.05, 0) is 41.7 Å². The maximum Gasteiger partial charge on any atom is 0.235 e. The van der Waals surface area contributed by atoms with Crippen LogP contribution in [0.4, 0.5) is 5.00 Å². The van der Waals surface area contributed by atoms with Crippen molar-refractivity contribution in [1.29, 1.82) is 5.26 Å². The van der Waals surface area contributed by atoms with Crippen molar-refractivity contribution in [2.75, 3.05) is 11.1 Å². The number of aromatic amines is 1. The number of hydrogen-bond acceptors (Lipinski definition) is 6. The SMILES string of the molecule is CCC(C)(C)[C@@H]1CCc2c(sc(NC(=O)CSc3n[nH]c(Cc4ccccc4)n3)c2C#N)C1. The molecular formula is C25H29N5OS2. The first kappa shape index (κ1) is 23.5. The maximum absolute atomic E-state index is 12.6. The van der Waals surface area contributed by atoms with Crippen LogP contribution in [-0.2, 0) is 24.1 Å². The van der Waals surface area contributed by atoms with Crippen molar-refractivity contribution in [2.45, 2.75) is 58.0 Å². The molecule has 2 aromatic heterocycles. The molecule has 0 saturated carbocycles. The zero-order chi connectivity index (χ0) is 23.4. The minimum absolute atomic E-state index is 0.144. The van der Waals surface area contributed by atoms with Gasteiger partial charge in [0.2, 0.25) is 11.1 Å². The smallest absolute Gasteiger partial charge is 0.235 e. The van der Waals surface area contributed by atoms with Crippen molar-refractivity contribution in [2.24, 2.45) is 11.3 Å². The van der Waals surface area contributed by atoms with E-state index in [1.165, 1.54) is 16.6 Å². The van der Waals surface area contributed by atoms with Crippen LogP contribution in [-0.4, -0.2) is 26.8 Å². The largest absolute Gasteiger partial charge is 0.316 e. The minimum Gasteiger partial charge on any atom is -0.316 e. The number of thioether (sulfide) groups is 1. The van der Waals surface area contributed by atoms with Gasteiger partial charge in [-0.3, -0.25) is 9.89 Å². The number of carbonyl (C=O) groups is 1. The third-order valence-corrected chi connectivity index (χ3v) is 8.72. The van der Waals surface area contributed by atoms with Crippen LogP contribution in [0, 0.1) is 22.7 Å². The molecule has 8 heteroatoms. The van der Waals surface area contributed by atoms with Gasteiger partial charge in [0.05, 0.1) is 11.3 Å². The van der Waals surface area contributed by atoms with E-state index in [-0.39, 0.29) is 17.1 Å². The number of H-pyrrole nitrogens is 1. The van der Waals surface area contributed by atoms with Crippen LogP contribution in [0.3, 0.4) is 0 Å². The summed E-state index contributed by atoms with van der Waals surface area (Å²) in [7, 11) is 0. The molecule has 33 heavy (non-hydrogen) atoms. The summed E-state index contributed by atoms with van der Waals surface area (Å²) in [5.41, 5.74) is 3.21. The lowest BCUT2D eigenvalue weighted by Gasteiger charge is -2.36. The fourth-order valence-electron chi connectivity index (χ4n) is 4.25. The number of hydrogen-bond donors (Lipinski definition) is 2. The molecule has 4 rings (SSSR count). The first-order chi connectivity index (χ1) is 15.9. The van der Waals surface area contributed by atoms with Crippen LogP contribution >= 0.6 is 23.1 Å². The zero-order valence-electron chi connectivity index (χ0n) is 19.3. The van der Waals surface area contributed by atoms with Crippen LogP contribution < -0.4 is 5.32 Å². The monoisotopic (exact) mass is 479 g/mol. The molecule has 0 radical (unpaired) electrons. The van der Waals surface area contributed by atoms with E-state index in [0.717, 1.165) is 42.6 Å². The Labute approximate surface area is 203 Å². The van der Waals surface area contributed by atoms with Gasteiger partial charge in [-0.25, -0.2) is 4.98 Å². The summed E-state index contributed by atoms with van der Waals surface area (Å²) in [4.78, 5) is 18.4. The average molecular weight is 480 g/mol. The molecule has 1 aliphatic carbocycles. The van der Waals surface area contributed by atoms with Crippen molar-refractivity contribution in [1.82, 2.24) is 15.2 Å². The van der Waals surface area contributed by atoms with E-state index >= 15 is 0 Å². The van der Waals surface area contributed by atoms with Crippen molar-refractivity contribution >= 4 is 34.0 Å². The van der Waals surface area contributed by atoms with Gasteiger partial charge in [-0.15, -0.1) is 16.4 Å². The van der Waals surface area contributed by atoms with E-state index in [2.05, 4.69) is 47.3 Å². The molecule has 1 aliphatic rings. The molecule has 6 nitrogen and oxygen atoms in total. The second kappa shape index (κ2) is 10.1. The van der Waals surface area contributed by atoms with Crippen molar-refractivity contribution in [3.63, 3.8) is 0 Å². The highest BCUT2D eigenvalue weighted by molar-refractivity contribution is 7.99. The fraction of sp³-hybridized carbons (Fsp3) is 0.440. The van der Waals surface area contributed by atoms with Crippen LogP contribution in [0.5, 0.6) is 0 Å². The van der Waals surface area contributed by atoms with Crippen LogP contribution in [0.25, 0.3) is 0 Å². The maximum atomic E-state index is 12.6. The first-order valence-corrected chi connectivity index (χ1v) is 13.1. The van der Waals surface area contributed by atoms with Gasteiger partial charge in [0.1, 0.15) is 16.9 Å². The molecule has 0 spiro atoms. The Morgan fingerprint density at radius 1 is 1.36 bits per heavy atom. The van der Waals surface area contributed by atoms with Crippen LogP contribution in [0.2, 0.25) is 0 Å². The highest BCUT2D eigenvalue weighted by Gasteiger charge is 2.34. The second-order valence-electron chi connectivity index (χ2n) is 9.17. The summed E-state index contributed by atoms with van der Waals surface area (Å²) in [5.74, 6) is 1.43. The number of anilines is 1. The molecule has 0 fully saturated rings. The highest BCUT2D eigenvalue weighted by atomic mass is 32.2. The molecule has 1 aromatic carbocycles. The lowest BCUT2D eigenvalue weighted by molar-refractivity contribution is -0.113. The van der Waals surface area contributed by atoms with E-state index < -0.39 is 0 Å². The van der Waals surface area contributed by atoms with Gasteiger partial charge in [0.15, 0.2) is 0 Å². The number of rotatable bonds is 8. The molecule has 0 aliphatic heterocycles. The van der Waals surface area contributed by atoms with E-state index in [1.54, 1.807) is 11.3 Å². The molecule has 1 amide bonds. The summed E-state index contributed by atoms with van der Waals surface area (Å²) in [6.45, 7) is 6.90. The number of amides is 1. The summed E-state index contributed by atoms with van der Waals surface area (Å²) in [5, 5.41) is 21.1. The van der Waals surface area contributed by atoms with Crippen LogP contribution in [0.1, 0.15) is 61.0 Å². The van der Waals surface area contributed by atoms with E-state index in [4.69, 9.17) is 0 Å². The average Bonchev–Trinajstić information content (AvgIpc) is 3.41. The molecule has 172 valence electrons. The van der Waals surface area contributed by atoms with Gasteiger partial charge in [0.25, 0.3) is 0 Å². The number of nitrogens with zero attached hydrogens (tertiary/aromatic N) is 3. The zero-order valence-corrected chi connectivity index (χ0v) is 20.9. The fourth-order valence-corrected chi connectivity index (χ4v) is 6.16. The quantitative estimate of drug-likeness (QED) is 0.410. The van der Waals surface area contributed by atoms with E-state index in [1.807, 2.05) is 30.3 Å². The van der Waals surface area contributed by atoms with Crippen molar-refractivity contribution in [3.8, 4) is 6.07 Å². The number of thiophene rings is 1. The Hall–Kier alpha value is -2.63. The summed E-state index contributed by atoms with van der Waals surface area (Å²) in [6, 6.07) is 12.4. The molecule has 1 atom stereocenters. The number of carbonyl (C=O) groups excluding carboxylic acids is 1. The lowest BCUT2D eigenvalue weighted by Crippen LogP contribution is -2.28. The third-order valence-electron chi connectivity index (χ3n) is 6.70. The van der Waals surface area contributed by atoms with E-state index in [9.17, 15) is 10.1 Å². The van der Waals surface area contributed by atoms with Gasteiger partial charge >= 0.3 is 0 Å². The third kappa shape index (κ3) is 5.48. The highest BCUT2D eigenvalue weighted by Crippen LogP contribution is 2.45. The first-order valence-electron chi connectivity index (χ1n) is 11.3. The normalized spacial score (nSPS) is 15.6. The molecule has 0 bridgehead atoms. The van der Waals surface area contributed by atoms with Gasteiger partial charge in [-0.2, -0.15) is 5.26 Å². The topological polar surface area (TPSA) is 94.5 Å². The number of aromatic nitrogens is 3. The lowest BCUT2D eigenvalue weighted by atomic mass is 9.69. The second-order valence-corrected chi connectivity index (χ2v) is 11.2. The molecule has 2 heterocycles. The number of nitrogens with one attached hydrogen (secondary N) is 2. The molecule has 2 N–H and O–H groups in total. The van der Waals surface area contributed by atoms with Gasteiger partial charge in [-0.1, -0.05) is 69.3 Å².